The van der Waals surface area contributed by atoms with Crippen molar-refractivity contribution in [1.82, 2.24) is 0 Å². The Balaban J connectivity index is 2.49. The largest absolute Gasteiger partial charge is 0.330 e. The highest BCUT2D eigenvalue weighted by atomic mass is 32.2. The van der Waals surface area contributed by atoms with E-state index in [1.54, 1.807) is 12.1 Å². The third kappa shape index (κ3) is 4.08. The lowest BCUT2D eigenvalue weighted by Gasteiger charge is -2.01. The van der Waals surface area contributed by atoms with Crippen LogP contribution in [0.5, 0.6) is 0 Å². The summed E-state index contributed by atoms with van der Waals surface area (Å²) in [5, 5.41) is 10.4. The third-order valence-corrected chi connectivity index (χ3v) is 3.46. The summed E-state index contributed by atoms with van der Waals surface area (Å²) in [6, 6.07) is 6.30. The molecule has 0 bridgehead atoms. The topological polar surface area (TPSA) is 86.2 Å². The summed E-state index contributed by atoms with van der Waals surface area (Å²) >= 11 is 0. The molecule has 1 aromatic carbocycles. The fourth-order valence-corrected chi connectivity index (χ4v) is 2.18. The Kier molecular flexibility index (Phi) is 5.07. The van der Waals surface area contributed by atoms with Gasteiger partial charge in [0, 0.05) is 41.0 Å². The fourth-order valence-electron chi connectivity index (χ4n) is 1.25. The van der Waals surface area contributed by atoms with E-state index >= 15 is 0 Å². The Morgan fingerprint density at radius 3 is 2.38 bits per heavy atom. The van der Waals surface area contributed by atoms with E-state index in [1.807, 2.05) is 0 Å². The smallest absolute Gasteiger partial charge is 0.269 e. The first kappa shape index (κ1) is 12.8. The van der Waals surface area contributed by atoms with Crippen LogP contribution in [-0.4, -0.2) is 27.2 Å². The maximum absolute atomic E-state index is 11.3. The minimum Gasteiger partial charge on any atom is -0.330 e. The SMILES string of the molecule is NCCS(=O)CCc1ccc([N+](=O)[O-])cc1. The first-order chi connectivity index (χ1) is 7.63. The fraction of sp³-hybridized carbons (Fsp3) is 0.400. The summed E-state index contributed by atoms with van der Waals surface area (Å²) in [6.45, 7) is 0.423. The van der Waals surface area contributed by atoms with Crippen LogP contribution in [0, 0.1) is 10.1 Å². The van der Waals surface area contributed by atoms with E-state index in [2.05, 4.69) is 0 Å². The number of benzene rings is 1. The van der Waals surface area contributed by atoms with E-state index in [4.69, 9.17) is 5.73 Å². The standard InChI is InChI=1S/C10H14N2O3S/c11-6-8-16(15)7-5-9-1-3-10(4-2-9)12(13)14/h1-4H,5-8,11H2. The molecule has 16 heavy (non-hydrogen) atoms. The van der Waals surface area contributed by atoms with Crippen molar-refractivity contribution in [2.75, 3.05) is 18.1 Å². The van der Waals surface area contributed by atoms with Gasteiger partial charge in [0.15, 0.2) is 0 Å². The van der Waals surface area contributed by atoms with E-state index in [-0.39, 0.29) is 5.69 Å². The van der Waals surface area contributed by atoms with Gasteiger partial charge in [-0.1, -0.05) is 12.1 Å². The number of nitro groups is 1. The Morgan fingerprint density at radius 2 is 1.88 bits per heavy atom. The van der Waals surface area contributed by atoms with Crippen molar-refractivity contribution in [2.24, 2.45) is 5.73 Å². The number of rotatable bonds is 6. The van der Waals surface area contributed by atoms with E-state index in [1.165, 1.54) is 12.1 Å². The Hall–Kier alpha value is -1.27. The van der Waals surface area contributed by atoms with Gasteiger partial charge in [0.1, 0.15) is 0 Å². The van der Waals surface area contributed by atoms with Crippen molar-refractivity contribution in [3.63, 3.8) is 0 Å². The molecule has 0 heterocycles. The molecule has 0 spiro atoms. The van der Waals surface area contributed by atoms with Crippen LogP contribution in [0.2, 0.25) is 0 Å². The van der Waals surface area contributed by atoms with E-state index in [0.29, 0.717) is 24.5 Å². The molecule has 88 valence electrons. The van der Waals surface area contributed by atoms with Crippen molar-refractivity contribution in [3.8, 4) is 0 Å². The minimum atomic E-state index is -0.894. The van der Waals surface area contributed by atoms with Gasteiger partial charge in [-0.3, -0.25) is 14.3 Å². The van der Waals surface area contributed by atoms with Gasteiger partial charge in [-0.05, 0) is 12.0 Å². The molecule has 0 aromatic heterocycles. The predicted molar refractivity (Wildman–Crippen MR) is 63.7 cm³/mol. The molecule has 0 saturated heterocycles. The second-order valence-corrected chi connectivity index (χ2v) is 5.01. The summed E-state index contributed by atoms with van der Waals surface area (Å²) in [4.78, 5) is 9.97. The van der Waals surface area contributed by atoms with Crippen molar-refractivity contribution in [1.29, 1.82) is 0 Å². The Labute approximate surface area is 96.3 Å². The average molecular weight is 242 g/mol. The summed E-state index contributed by atoms with van der Waals surface area (Å²) in [7, 11) is -0.894. The van der Waals surface area contributed by atoms with Crippen molar-refractivity contribution >= 4 is 16.5 Å². The normalized spacial score (nSPS) is 12.3. The molecule has 1 unspecified atom stereocenters. The van der Waals surface area contributed by atoms with Crippen LogP contribution >= 0.6 is 0 Å². The van der Waals surface area contributed by atoms with Gasteiger partial charge in [0.2, 0.25) is 0 Å². The van der Waals surface area contributed by atoms with E-state index in [9.17, 15) is 14.3 Å². The van der Waals surface area contributed by atoms with Crippen LogP contribution in [-0.2, 0) is 17.2 Å². The highest BCUT2D eigenvalue weighted by Gasteiger charge is 2.04. The van der Waals surface area contributed by atoms with Gasteiger partial charge in [0.05, 0.1) is 4.92 Å². The molecule has 0 amide bonds. The van der Waals surface area contributed by atoms with Crippen molar-refractivity contribution < 1.29 is 9.13 Å². The molecule has 0 aliphatic rings. The summed E-state index contributed by atoms with van der Waals surface area (Å²) < 4.78 is 11.3. The third-order valence-electron chi connectivity index (χ3n) is 2.11. The lowest BCUT2D eigenvalue weighted by atomic mass is 10.1. The number of non-ortho nitro benzene ring substituents is 1. The van der Waals surface area contributed by atoms with Crippen LogP contribution in [0.3, 0.4) is 0 Å². The van der Waals surface area contributed by atoms with Crippen molar-refractivity contribution in [2.45, 2.75) is 6.42 Å². The molecular weight excluding hydrogens is 228 g/mol. The first-order valence-electron chi connectivity index (χ1n) is 4.92. The van der Waals surface area contributed by atoms with Gasteiger partial charge in [0.25, 0.3) is 5.69 Å². The molecule has 1 atom stereocenters. The Morgan fingerprint density at radius 1 is 1.25 bits per heavy atom. The van der Waals surface area contributed by atoms with Crippen LogP contribution in [0.25, 0.3) is 0 Å². The average Bonchev–Trinajstić information content (AvgIpc) is 2.27. The number of nitrogens with two attached hydrogens (primary N) is 1. The lowest BCUT2D eigenvalue weighted by molar-refractivity contribution is -0.384. The number of nitro benzene ring substituents is 1. The van der Waals surface area contributed by atoms with Gasteiger partial charge >= 0.3 is 0 Å². The van der Waals surface area contributed by atoms with Gasteiger partial charge in [-0.15, -0.1) is 0 Å². The predicted octanol–water partition coefficient (Wildman–Crippen LogP) is 0.845. The summed E-state index contributed by atoms with van der Waals surface area (Å²) in [5.41, 5.74) is 6.31. The lowest BCUT2D eigenvalue weighted by Crippen LogP contribution is -2.13. The summed E-state index contributed by atoms with van der Waals surface area (Å²) in [5.74, 6) is 1.06. The quantitative estimate of drug-likeness (QED) is 0.591. The number of hydrogen-bond acceptors (Lipinski definition) is 4. The molecule has 0 radical (unpaired) electrons. The monoisotopic (exact) mass is 242 g/mol. The molecule has 6 heteroatoms. The van der Waals surface area contributed by atoms with Gasteiger partial charge in [-0.25, -0.2) is 0 Å². The zero-order valence-electron chi connectivity index (χ0n) is 8.80. The van der Waals surface area contributed by atoms with Crippen molar-refractivity contribution in [3.05, 3.63) is 39.9 Å². The molecule has 1 rings (SSSR count). The second-order valence-electron chi connectivity index (χ2n) is 3.31. The van der Waals surface area contributed by atoms with Crippen LogP contribution in [0.15, 0.2) is 24.3 Å². The molecule has 0 aliphatic carbocycles. The van der Waals surface area contributed by atoms with Crippen LogP contribution in [0.4, 0.5) is 5.69 Å². The maximum atomic E-state index is 11.3. The number of nitrogens with zero attached hydrogens (tertiary/aromatic N) is 1. The zero-order chi connectivity index (χ0) is 12.0. The zero-order valence-corrected chi connectivity index (χ0v) is 9.61. The van der Waals surface area contributed by atoms with Crippen LogP contribution in [0.1, 0.15) is 5.56 Å². The number of aryl methyl sites for hydroxylation is 1. The molecule has 0 aliphatic heterocycles. The minimum absolute atomic E-state index is 0.0758. The highest BCUT2D eigenvalue weighted by molar-refractivity contribution is 7.85. The molecule has 1 aromatic rings. The summed E-state index contributed by atoms with van der Waals surface area (Å²) in [6.07, 6.45) is 0.657. The molecular formula is C10H14N2O3S. The second kappa shape index (κ2) is 6.34. The first-order valence-corrected chi connectivity index (χ1v) is 6.40. The molecule has 0 fully saturated rings. The van der Waals surface area contributed by atoms with Gasteiger partial charge < -0.3 is 5.73 Å². The van der Waals surface area contributed by atoms with E-state index in [0.717, 1.165) is 5.56 Å². The van der Waals surface area contributed by atoms with E-state index < -0.39 is 15.7 Å². The number of hydrogen-bond donors (Lipinski definition) is 1. The molecule has 2 N–H and O–H groups in total. The Bertz CT molecular complexity index is 378. The highest BCUT2D eigenvalue weighted by Crippen LogP contribution is 2.12. The van der Waals surface area contributed by atoms with Gasteiger partial charge in [-0.2, -0.15) is 0 Å². The maximum Gasteiger partial charge on any atom is 0.269 e. The molecule has 0 saturated carbocycles. The van der Waals surface area contributed by atoms with Crippen LogP contribution < -0.4 is 5.73 Å². The molecule has 5 nitrogen and oxygen atoms in total.